The van der Waals surface area contributed by atoms with Crippen LogP contribution in [0.5, 0.6) is 5.75 Å². The number of ether oxygens (including phenoxy) is 1. The Morgan fingerprint density at radius 2 is 2.10 bits per heavy atom. The minimum absolute atomic E-state index is 0.125. The van der Waals surface area contributed by atoms with Crippen molar-refractivity contribution < 1.29 is 4.74 Å². The topological polar surface area (TPSA) is 35.2 Å². The zero-order valence-corrected chi connectivity index (χ0v) is 15.2. The van der Waals surface area contributed by atoms with Gasteiger partial charge in [0.05, 0.1) is 7.11 Å². The van der Waals surface area contributed by atoms with Crippen LogP contribution in [0, 0.1) is 17.8 Å². The van der Waals surface area contributed by atoms with Crippen LogP contribution >= 0.6 is 15.9 Å². The first kappa shape index (κ1) is 16.8. The lowest BCUT2D eigenvalue weighted by molar-refractivity contribution is 0.109. The van der Waals surface area contributed by atoms with Crippen LogP contribution in [-0.2, 0) is 6.42 Å². The molecule has 3 heteroatoms. The van der Waals surface area contributed by atoms with E-state index in [0.717, 1.165) is 23.1 Å². The molecule has 1 aromatic rings. The van der Waals surface area contributed by atoms with Crippen molar-refractivity contribution in [2.24, 2.45) is 23.5 Å². The summed E-state index contributed by atoms with van der Waals surface area (Å²) in [6.45, 7) is 6.94. The van der Waals surface area contributed by atoms with Gasteiger partial charge < -0.3 is 10.5 Å². The highest BCUT2D eigenvalue weighted by Crippen LogP contribution is 2.42. The van der Waals surface area contributed by atoms with Crippen molar-refractivity contribution in [1.29, 1.82) is 0 Å². The Morgan fingerprint density at radius 3 is 2.71 bits per heavy atom. The lowest BCUT2D eigenvalue weighted by Gasteiger charge is -2.46. The van der Waals surface area contributed by atoms with Gasteiger partial charge in [-0.1, -0.05) is 43.1 Å². The molecule has 0 aromatic heterocycles. The molecule has 21 heavy (non-hydrogen) atoms. The summed E-state index contributed by atoms with van der Waals surface area (Å²) < 4.78 is 6.62. The molecule has 2 rings (SSSR count). The van der Waals surface area contributed by atoms with Crippen LogP contribution < -0.4 is 10.5 Å². The maximum Gasteiger partial charge on any atom is 0.122 e. The number of hydrogen-bond donors (Lipinski definition) is 1. The summed E-state index contributed by atoms with van der Waals surface area (Å²) in [4.78, 5) is 0. The fourth-order valence-corrected chi connectivity index (χ4v) is 4.50. The van der Waals surface area contributed by atoms with Gasteiger partial charge >= 0.3 is 0 Å². The minimum atomic E-state index is -0.125. The number of nitrogens with two attached hydrogens (primary N) is 1. The molecule has 0 heterocycles. The van der Waals surface area contributed by atoms with E-state index in [2.05, 4.69) is 42.8 Å². The maximum absolute atomic E-state index is 6.93. The Kier molecular flexibility index (Phi) is 5.37. The zero-order chi connectivity index (χ0) is 15.6. The van der Waals surface area contributed by atoms with Crippen LogP contribution in [0.2, 0.25) is 0 Å². The Bertz CT molecular complexity index is 488. The van der Waals surface area contributed by atoms with E-state index < -0.39 is 0 Å². The summed E-state index contributed by atoms with van der Waals surface area (Å²) in [6, 6.07) is 6.21. The Labute approximate surface area is 137 Å². The van der Waals surface area contributed by atoms with E-state index in [1.165, 1.54) is 18.4 Å². The molecule has 1 fully saturated rings. The molecule has 0 bridgehead atoms. The van der Waals surface area contributed by atoms with Crippen LogP contribution in [-0.4, -0.2) is 12.6 Å². The van der Waals surface area contributed by atoms with Gasteiger partial charge in [0.2, 0.25) is 0 Å². The molecule has 0 radical (unpaired) electrons. The number of halogens is 1. The average Bonchev–Trinajstić information content (AvgIpc) is 2.37. The van der Waals surface area contributed by atoms with Gasteiger partial charge in [-0.3, -0.25) is 0 Å². The van der Waals surface area contributed by atoms with Gasteiger partial charge in [0.25, 0.3) is 0 Å². The van der Waals surface area contributed by atoms with E-state index in [1.807, 2.05) is 12.1 Å². The molecule has 2 nitrogen and oxygen atoms in total. The van der Waals surface area contributed by atoms with Crippen LogP contribution in [0.15, 0.2) is 22.7 Å². The van der Waals surface area contributed by atoms with Gasteiger partial charge in [0.15, 0.2) is 0 Å². The lowest BCUT2D eigenvalue weighted by atomic mass is 9.63. The number of methoxy groups -OCH3 is 1. The van der Waals surface area contributed by atoms with Crippen molar-refractivity contribution in [3.63, 3.8) is 0 Å². The molecule has 0 spiro atoms. The fourth-order valence-electron chi connectivity index (χ4n) is 4.09. The highest BCUT2D eigenvalue weighted by atomic mass is 79.9. The molecule has 0 aliphatic heterocycles. The molecule has 3 unspecified atom stereocenters. The summed E-state index contributed by atoms with van der Waals surface area (Å²) in [7, 11) is 1.74. The second-order valence-electron chi connectivity index (χ2n) is 7.10. The molecule has 1 saturated carbocycles. The van der Waals surface area contributed by atoms with Crippen molar-refractivity contribution >= 4 is 15.9 Å². The predicted molar refractivity (Wildman–Crippen MR) is 92.7 cm³/mol. The normalized spacial score (nSPS) is 29.7. The summed E-state index contributed by atoms with van der Waals surface area (Å²) in [5, 5.41) is 0. The van der Waals surface area contributed by atoms with Crippen molar-refractivity contribution in [3.8, 4) is 5.75 Å². The molecule has 1 aliphatic rings. The van der Waals surface area contributed by atoms with Gasteiger partial charge in [-0.05, 0) is 60.8 Å². The van der Waals surface area contributed by atoms with E-state index in [0.29, 0.717) is 17.8 Å². The molecule has 1 aromatic carbocycles. The standard InChI is InChI=1S/C18H28BrNO/c1-12(2)16-7-5-13(3)10-18(16,20)11-14-9-15(19)6-8-17(14)21-4/h6,8-9,12-13,16H,5,7,10-11,20H2,1-4H3. The second-order valence-corrected chi connectivity index (χ2v) is 8.02. The molecule has 1 aliphatic carbocycles. The van der Waals surface area contributed by atoms with Gasteiger partial charge in [-0.25, -0.2) is 0 Å². The summed E-state index contributed by atoms with van der Waals surface area (Å²) >= 11 is 3.57. The predicted octanol–water partition coefficient (Wildman–Crippen LogP) is 4.79. The Hall–Kier alpha value is -0.540. The van der Waals surface area contributed by atoms with Crippen molar-refractivity contribution in [2.45, 2.75) is 52.0 Å². The van der Waals surface area contributed by atoms with Crippen molar-refractivity contribution in [2.75, 3.05) is 7.11 Å². The van der Waals surface area contributed by atoms with Gasteiger partial charge in [0.1, 0.15) is 5.75 Å². The first-order valence-electron chi connectivity index (χ1n) is 7.97. The first-order chi connectivity index (χ1) is 9.85. The Morgan fingerprint density at radius 1 is 1.38 bits per heavy atom. The molecular formula is C18H28BrNO. The monoisotopic (exact) mass is 353 g/mol. The van der Waals surface area contributed by atoms with Crippen LogP contribution in [0.3, 0.4) is 0 Å². The second kappa shape index (κ2) is 6.70. The van der Waals surface area contributed by atoms with Crippen LogP contribution in [0.25, 0.3) is 0 Å². The van der Waals surface area contributed by atoms with Gasteiger partial charge in [-0.15, -0.1) is 0 Å². The average molecular weight is 354 g/mol. The molecule has 3 atom stereocenters. The highest BCUT2D eigenvalue weighted by molar-refractivity contribution is 9.10. The first-order valence-corrected chi connectivity index (χ1v) is 8.76. The number of benzene rings is 1. The third-order valence-corrected chi connectivity index (χ3v) is 5.50. The largest absolute Gasteiger partial charge is 0.496 e. The smallest absolute Gasteiger partial charge is 0.122 e. The van der Waals surface area contributed by atoms with E-state index in [-0.39, 0.29) is 5.54 Å². The quantitative estimate of drug-likeness (QED) is 0.844. The lowest BCUT2D eigenvalue weighted by Crippen LogP contribution is -2.54. The van der Waals surface area contributed by atoms with Crippen LogP contribution in [0.4, 0.5) is 0 Å². The highest BCUT2D eigenvalue weighted by Gasteiger charge is 2.41. The molecule has 0 amide bonds. The van der Waals surface area contributed by atoms with Gasteiger partial charge in [0, 0.05) is 10.0 Å². The third kappa shape index (κ3) is 3.81. The number of hydrogen-bond acceptors (Lipinski definition) is 2. The third-order valence-electron chi connectivity index (χ3n) is 5.00. The van der Waals surface area contributed by atoms with Crippen LogP contribution in [0.1, 0.15) is 45.6 Å². The van der Waals surface area contributed by atoms with E-state index in [4.69, 9.17) is 10.5 Å². The zero-order valence-electron chi connectivity index (χ0n) is 13.7. The molecule has 2 N–H and O–H groups in total. The van der Waals surface area contributed by atoms with Gasteiger partial charge in [-0.2, -0.15) is 0 Å². The minimum Gasteiger partial charge on any atom is -0.496 e. The van der Waals surface area contributed by atoms with E-state index >= 15 is 0 Å². The molecular weight excluding hydrogens is 326 g/mol. The Balaban J connectivity index is 2.31. The van der Waals surface area contributed by atoms with E-state index in [1.54, 1.807) is 7.11 Å². The molecule has 118 valence electrons. The molecule has 0 saturated heterocycles. The SMILES string of the molecule is COc1ccc(Br)cc1CC1(N)CC(C)CCC1C(C)C. The fraction of sp³-hybridized carbons (Fsp3) is 0.667. The van der Waals surface area contributed by atoms with Crippen molar-refractivity contribution in [3.05, 3.63) is 28.2 Å². The van der Waals surface area contributed by atoms with E-state index in [9.17, 15) is 0 Å². The summed E-state index contributed by atoms with van der Waals surface area (Å²) in [5.41, 5.74) is 8.02. The maximum atomic E-state index is 6.93. The summed E-state index contributed by atoms with van der Waals surface area (Å²) in [5.74, 6) is 2.87. The summed E-state index contributed by atoms with van der Waals surface area (Å²) in [6.07, 6.45) is 4.54. The number of rotatable bonds is 4. The van der Waals surface area contributed by atoms with Crippen molar-refractivity contribution in [1.82, 2.24) is 0 Å².